The second-order valence-electron chi connectivity index (χ2n) is 8.73. The number of likely N-dealkylation sites (tertiary alicyclic amines) is 1. The van der Waals surface area contributed by atoms with E-state index in [2.05, 4.69) is 70.5 Å². The van der Waals surface area contributed by atoms with E-state index in [1.54, 1.807) is 0 Å². The third-order valence-corrected chi connectivity index (χ3v) is 6.45. The summed E-state index contributed by atoms with van der Waals surface area (Å²) in [4.78, 5) is 24.0. The van der Waals surface area contributed by atoms with Gasteiger partial charge < -0.3 is 24.8 Å². The van der Waals surface area contributed by atoms with Gasteiger partial charge >= 0.3 is 11.9 Å². The summed E-state index contributed by atoms with van der Waals surface area (Å²) in [6.07, 6.45) is 5.54. The van der Waals surface area contributed by atoms with Crippen LogP contribution in [0, 0.1) is 0 Å². The molecular formula is C28H30N2O5. The van der Waals surface area contributed by atoms with Crippen LogP contribution in [0.2, 0.25) is 0 Å². The van der Waals surface area contributed by atoms with E-state index in [1.165, 1.54) is 47.7 Å². The SMILES string of the molecule is O=C(O)C(=O)O.c1ccc2cc(C3CCN(CCCOc4cccc5[nH]ccc45)CC3)ccc2c1. The molecule has 1 aliphatic heterocycles. The highest BCUT2D eigenvalue weighted by Gasteiger charge is 2.20. The summed E-state index contributed by atoms with van der Waals surface area (Å²) in [5, 5.41) is 18.7. The first-order valence-corrected chi connectivity index (χ1v) is 11.9. The molecule has 7 nitrogen and oxygen atoms in total. The lowest BCUT2D eigenvalue weighted by molar-refractivity contribution is -0.159. The molecule has 1 aromatic heterocycles. The Morgan fingerprint density at radius 2 is 1.66 bits per heavy atom. The number of carbonyl (C=O) groups is 2. The van der Waals surface area contributed by atoms with Crippen LogP contribution in [0.5, 0.6) is 5.75 Å². The number of rotatable bonds is 6. The minimum absolute atomic E-state index is 0.693. The van der Waals surface area contributed by atoms with Gasteiger partial charge in [-0.05, 0) is 72.8 Å². The van der Waals surface area contributed by atoms with E-state index >= 15 is 0 Å². The van der Waals surface area contributed by atoms with Crippen LogP contribution in [0.4, 0.5) is 0 Å². The molecule has 0 aliphatic carbocycles. The smallest absolute Gasteiger partial charge is 0.414 e. The van der Waals surface area contributed by atoms with Gasteiger partial charge in [0.25, 0.3) is 0 Å². The highest BCUT2D eigenvalue weighted by molar-refractivity contribution is 6.27. The van der Waals surface area contributed by atoms with Crippen molar-refractivity contribution in [3.8, 4) is 5.75 Å². The fourth-order valence-electron chi connectivity index (χ4n) is 4.60. The van der Waals surface area contributed by atoms with Crippen molar-refractivity contribution >= 4 is 33.6 Å². The zero-order chi connectivity index (χ0) is 24.6. The molecule has 35 heavy (non-hydrogen) atoms. The first kappa shape index (κ1) is 24.3. The zero-order valence-corrected chi connectivity index (χ0v) is 19.5. The Kier molecular flexibility index (Phi) is 8.00. The predicted molar refractivity (Wildman–Crippen MR) is 136 cm³/mol. The molecule has 0 saturated carbocycles. The van der Waals surface area contributed by atoms with Crippen molar-refractivity contribution in [2.24, 2.45) is 0 Å². The largest absolute Gasteiger partial charge is 0.493 e. The molecule has 0 bridgehead atoms. The summed E-state index contributed by atoms with van der Waals surface area (Å²) < 4.78 is 6.05. The highest BCUT2D eigenvalue weighted by Crippen LogP contribution is 2.30. The number of benzene rings is 3. The second kappa shape index (κ2) is 11.5. The summed E-state index contributed by atoms with van der Waals surface area (Å²) in [6.45, 7) is 4.26. The number of nitrogens with zero attached hydrogens (tertiary/aromatic N) is 1. The summed E-state index contributed by atoms with van der Waals surface area (Å²) in [7, 11) is 0. The topological polar surface area (TPSA) is 103 Å². The number of carboxylic acids is 2. The van der Waals surface area contributed by atoms with E-state index < -0.39 is 11.9 Å². The number of carboxylic acid groups (broad SMARTS) is 2. The summed E-state index contributed by atoms with van der Waals surface area (Å²) in [5.74, 6) is -1.97. The minimum Gasteiger partial charge on any atom is -0.493 e. The van der Waals surface area contributed by atoms with Crippen molar-refractivity contribution in [2.45, 2.75) is 25.2 Å². The second-order valence-corrected chi connectivity index (χ2v) is 8.73. The van der Waals surface area contributed by atoms with Gasteiger partial charge in [0, 0.05) is 23.6 Å². The van der Waals surface area contributed by atoms with E-state index in [4.69, 9.17) is 24.5 Å². The van der Waals surface area contributed by atoms with Crippen LogP contribution in [-0.2, 0) is 9.59 Å². The van der Waals surface area contributed by atoms with Crippen LogP contribution in [-0.4, -0.2) is 58.3 Å². The molecule has 1 aliphatic rings. The maximum Gasteiger partial charge on any atom is 0.414 e. The van der Waals surface area contributed by atoms with Gasteiger partial charge in [0.05, 0.1) is 6.61 Å². The van der Waals surface area contributed by atoms with Crippen LogP contribution in [0.3, 0.4) is 0 Å². The lowest BCUT2D eigenvalue weighted by Crippen LogP contribution is -2.34. The van der Waals surface area contributed by atoms with Gasteiger partial charge in [0.1, 0.15) is 5.75 Å². The number of H-pyrrole nitrogens is 1. The van der Waals surface area contributed by atoms with Crippen molar-refractivity contribution in [1.82, 2.24) is 9.88 Å². The molecule has 7 heteroatoms. The van der Waals surface area contributed by atoms with E-state index in [-0.39, 0.29) is 0 Å². The Morgan fingerprint density at radius 3 is 2.40 bits per heavy atom. The third kappa shape index (κ3) is 6.39. The number of aromatic nitrogens is 1. The van der Waals surface area contributed by atoms with Crippen LogP contribution in [0.1, 0.15) is 30.7 Å². The van der Waals surface area contributed by atoms with Crippen molar-refractivity contribution < 1.29 is 24.5 Å². The Labute approximate surface area is 203 Å². The molecule has 0 unspecified atom stereocenters. The number of aliphatic carboxylic acids is 2. The predicted octanol–water partition coefficient (Wildman–Crippen LogP) is 5.13. The lowest BCUT2D eigenvalue weighted by atomic mass is 9.88. The van der Waals surface area contributed by atoms with Gasteiger partial charge in [0.2, 0.25) is 0 Å². The molecule has 1 fully saturated rings. The van der Waals surface area contributed by atoms with E-state index in [0.29, 0.717) is 5.92 Å². The summed E-state index contributed by atoms with van der Waals surface area (Å²) >= 11 is 0. The fourth-order valence-corrected chi connectivity index (χ4v) is 4.60. The molecule has 3 aromatic carbocycles. The van der Waals surface area contributed by atoms with Gasteiger partial charge in [-0.1, -0.05) is 48.5 Å². The molecule has 4 aromatic rings. The maximum absolute atomic E-state index is 9.10. The Hall–Kier alpha value is -3.84. The molecular weight excluding hydrogens is 444 g/mol. The van der Waals surface area contributed by atoms with E-state index in [9.17, 15) is 0 Å². The van der Waals surface area contributed by atoms with E-state index in [0.717, 1.165) is 30.8 Å². The number of nitrogens with one attached hydrogen (secondary N) is 1. The van der Waals surface area contributed by atoms with Crippen LogP contribution in [0.15, 0.2) is 72.9 Å². The number of ether oxygens (including phenoxy) is 1. The standard InChI is InChI=1S/C26H28N2O.C2H2O4/c1-2-6-22-19-23(10-9-20(22)5-1)21-12-16-28(17-13-21)15-4-18-29-26-8-3-7-25-24(26)11-14-27-25;3-1(4)2(5)6/h1-3,5-11,14,19,21,27H,4,12-13,15-18H2;(H,3,4)(H,5,6). The monoisotopic (exact) mass is 474 g/mol. The molecule has 182 valence electrons. The number of hydrogen-bond donors (Lipinski definition) is 3. The van der Waals surface area contributed by atoms with Crippen LogP contribution in [0.25, 0.3) is 21.7 Å². The van der Waals surface area contributed by atoms with E-state index in [1.807, 2.05) is 12.3 Å². The van der Waals surface area contributed by atoms with Crippen molar-refractivity contribution in [1.29, 1.82) is 0 Å². The first-order valence-electron chi connectivity index (χ1n) is 11.9. The van der Waals surface area contributed by atoms with Crippen molar-refractivity contribution in [3.05, 3.63) is 78.5 Å². The fraction of sp³-hybridized carbons (Fsp3) is 0.286. The van der Waals surface area contributed by atoms with Gasteiger partial charge in [-0.2, -0.15) is 0 Å². The Balaban J connectivity index is 0.000000431. The number of hydrogen-bond acceptors (Lipinski definition) is 4. The normalized spacial score (nSPS) is 14.4. The Morgan fingerprint density at radius 1 is 0.914 bits per heavy atom. The third-order valence-electron chi connectivity index (χ3n) is 6.45. The lowest BCUT2D eigenvalue weighted by Gasteiger charge is -2.32. The van der Waals surface area contributed by atoms with Crippen LogP contribution < -0.4 is 4.74 Å². The van der Waals surface area contributed by atoms with Crippen molar-refractivity contribution in [3.63, 3.8) is 0 Å². The zero-order valence-electron chi connectivity index (χ0n) is 19.5. The minimum atomic E-state index is -1.82. The average Bonchev–Trinajstić information content (AvgIpc) is 3.37. The summed E-state index contributed by atoms with van der Waals surface area (Å²) in [6, 6.07) is 23.9. The van der Waals surface area contributed by atoms with Gasteiger partial charge in [0.15, 0.2) is 0 Å². The van der Waals surface area contributed by atoms with Gasteiger partial charge in [-0.25, -0.2) is 9.59 Å². The molecule has 1 saturated heterocycles. The van der Waals surface area contributed by atoms with Gasteiger partial charge in [-0.3, -0.25) is 0 Å². The molecule has 0 radical (unpaired) electrons. The van der Waals surface area contributed by atoms with Crippen LogP contribution >= 0.6 is 0 Å². The molecule has 2 heterocycles. The molecule has 0 spiro atoms. The van der Waals surface area contributed by atoms with Gasteiger partial charge in [-0.15, -0.1) is 0 Å². The summed E-state index contributed by atoms with van der Waals surface area (Å²) in [5.41, 5.74) is 2.64. The number of fused-ring (bicyclic) bond motifs is 2. The number of aromatic amines is 1. The molecule has 5 rings (SSSR count). The maximum atomic E-state index is 9.10. The first-order chi connectivity index (χ1) is 17.0. The molecule has 3 N–H and O–H groups in total. The molecule has 0 atom stereocenters. The Bertz CT molecular complexity index is 1280. The van der Waals surface area contributed by atoms with Crippen molar-refractivity contribution in [2.75, 3.05) is 26.2 Å². The number of piperidine rings is 1. The molecule has 0 amide bonds. The average molecular weight is 475 g/mol. The highest BCUT2D eigenvalue weighted by atomic mass is 16.5. The quantitative estimate of drug-likeness (QED) is 0.265.